The van der Waals surface area contributed by atoms with Gasteiger partial charge < -0.3 is 9.33 Å². The van der Waals surface area contributed by atoms with Crippen LogP contribution < -0.4 is 4.90 Å². The van der Waals surface area contributed by atoms with Gasteiger partial charge in [0.05, 0.1) is 6.10 Å². The van der Waals surface area contributed by atoms with Crippen LogP contribution in [-0.4, -0.2) is 20.8 Å². The summed E-state index contributed by atoms with van der Waals surface area (Å²) in [7, 11) is -2.04. The van der Waals surface area contributed by atoms with E-state index in [1.54, 1.807) is 6.92 Å². The van der Waals surface area contributed by atoms with Gasteiger partial charge in [0.15, 0.2) is 8.32 Å². The van der Waals surface area contributed by atoms with Gasteiger partial charge in [-0.2, -0.15) is 0 Å². The number of hydrogen-bond donors (Lipinski definition) is 0. The second-order valence-corrected chi connectivity index (χ2v) is 15.8. The molecular formula is C25H34ClNO2Si. The summed E-state index contributed by atoms with van der Waals surface area (Å²) in [4.78, 5) is 14.0. The SMILES string of the molecule is CC(=O)N1CC(C)(C)c2cc(C(O[Si](C)(C)C(C)(C)C)c3ccc(Cl)cc3)ccc21. The minimum atomic E-state index is -2.04. The molecule has 1 aliphatic heterocycles. The number of anilines is 1. The first kappa shape index (κ1) is 23.0. The van der Waals surface area contributed by atoms with Crippen molar-refractivity contribution in [1.82, 2.24) is 0 Å². The van der Waals surface area contributed by atoms with E-state index in [1.807, 2.05) is 17.0 Å². The Morgan fingerprint density at radius 2 is 1.67 bits per heavy atom. The molecule has 3 nitrogen and oxygen atoms in total. The summed E-state index contributed by atoms with van der Waals surface area (Å²) in [5, 5.41) is 0.816. The maximum atomic E-state index is 12.2. The van der Waals surface area contributed by atoms with E-state index < -0.39 is 8.32 Å². The fraction of sp³-hybridized carbons (Fsp3) is 0.480. The molecule has 0 saturated heterocycles. The number of rotatable bonds is 4. The van der Waals surface area contributed by atoms with E-state index in [0.29, 0.717) is 6.54 Å². The summed E-state index contributed by atoms with van der Waals surface area (Å²) in [6.07, 6.45) is -0.171. The Morgan fingerprint density at radius 1 is 1.10 bits per heavy atom. The van der Waals surface area contributed by atoms with Gasteiger partial charge in [0.1, 0.15) is 0 Å². The van der Waals surface area contributed by atoms with Crippen molar-refractivity contribution >= 4 is 31.5 Å². The van der Waals surface area contributed by atoms with Gasteiger partial charge in [0.25, 0.3) is 0 Å². The fourth-order valence-electron chi connectivity index (χ4n) is 3.78. The normalized spacial score (nSPS) is 17.0. The van der Waals surface area contributed by atoms with Crippen LogP contribution in [0.2, 0.25) is 23.2 Å². The molecule has 5 heteroatoms. The largest absolute Gasteiger partial charge is 0.406 e. The Kier molecular flexibility index (Phi) is 6.00. The van der Waals surface area contributed by atoms with Crippen molar-refractivity contribution in [2.45, 2.75) is 71.2 Å². The Hall–Kier alpha value is -1.62. The maximum absolute atomic E-state index is 12.2. The zero-order chi connectivity index (χ0) is 22.5. The standard InChI is InChI=1S/C25H34ClNO2Si/c1-17(28)27-16-25(5,6)21-15-19(11-14-22(21)27)23(18-9-12-20(26)13-10-18)29-30(7,8)24(2,3)4/h9-15,23H,16H2,1-8H3. The van der Waals surface area contributed by atoms with Crippen molar-refractivity contribution in [2.24, 2.45) is 0 Å². The smallest absolute Gasteiger partial charge is 0.223 e. The average Bonchev–Trinajstić information content (AvgIpc) is 2.91. The maximum Gasteiger partial charge on any atom is 0.223 e. The van der Waals surface area contributed by atoms with Gasteiger partial charge in [-0.3, -0.25) is 4.79 Å². The van der Waals surface area contributed by atoms with Gasteiger partial charge in [0, 0.05) is 29.6 Å². The number of hydrogen-bond acceptors (Lipinski definition) is 2. The van der Waals surface area contributed by atoms with Crippen LogP contribution in [0.3, 0.4) is 0 Å². The lowest BCUT2D eigenvalue weighted by atomic mass is 9.85. The van der Waals surface area contributed by atoms with E-state index in [1.165, 1.54) is 5.56 Å². The summed E-state index contributed by atoms with van der Waals surface area (Å²) in [5.41, 5.74) is 4.34. The Labute approximate surface area is 187 Å². The van der Waals surface area contributed by atoms with Crippen LogP contribution in [0.15, 0.2) is 42.5 Å². The highest BCUT2D eigenvalue weighted by Gasteiger charge is 2.41. The summed E-state index contributed by atoms with van der Waals surface area (Å²) in [6.45, 7) is 18.1. The van der Waals surface area contributed by atoms with E-state index in [4.69, 9.17) is 16.0 Å². The van der Waals surface area contributed by atoms with Crippen molar-refractivity contribution in [3.8, 4) is 0 Å². The van der Waals surface area contributed by atoms with Crippen LogP contribution in [0.1, 0.15) is 64.3 Å². The lowest BCUT2D eigenvalue weighted by Crippen LogP contribution is -2.42. The molecule has 0 N–H and O–H groups in total. The van der Waals surface area contributed by atoms with Gasteiger partial charge in [-0.15, -0.1) is 0 Å². The third-order valence-corrected chi connectivity index (χ3v) is 11.4. The number of carbonyl (C=O) groups excluding carboxylic acids is 1. The predicted octanol–water partition coefficient (Wildman–Crippen LogP) is 7.10. The Bertz CT molecular complexity index is 945. The molecule has 0 fully saturated rings. The van der Waals surface area contributed by atoms with Crippen LogP contribution >= 0.6 is 11.6 Å². The minimum absolute atomic E-state index is 0.0846. The summed E-state index contributed by atoms with van der Waals surface area (Å²) >= 11 is 6.16. The van der Waals surface area contributed by atoms with Crippen LogP contribution in [0.5, 0.6) is 0 Å². The molecule has 162 valence electrons. The van der Waals surface area contributed by atoms with E-state index in [2.05, 4.69) is 78.0 Å². The van der Waals surface area contributed by atoms with E-state index in [-0.39, 0.29) is 22.5 Å². The molecule has 0 bridgehead atoms. The third-order valence-electron chi connectivity index (χ3n) is 6.67. The predicted molar refractivity (Wildman–Crippen MR) is 129 cm³/mol. The second kappa shape index (κ2) is 7.81. The quantitative estimate of drug-likeness (QED) is 0.471. The van der Waals surface area contributed by atoms with E-state index >= 15 is 0 Å². The molecule has 1 heterocycles. The van der Waals surface area contributed by atoms with Gasteiger partial charge in [0.2, 0.25) is 5.91 Å². The molecule has 1 atom stereocenters. The monoisotopic (exact) mass is 443 g/mol. The number of nitrogens with zero attached hydrogens (tertiary/aromatic N) is 1. The van der Waals surface area contributed by atoms with Crippen LogP contribution in [-0.2, 0) is 14.6 Å². The van der Waals surface area contributed by atoms with Crippen molar-refractivity contribution in [1.29, 1.82) is 0 Å². The highest BCUT2D eigenvalue weighted by Crippen LogP contribution is 2.45. The number of carbonyl (C=O) groups is 1. The second-order valence-electron chi connectivity index (χ2n) is 10.6. The fourth-order valence-corrected chi connectivity index (χ4v) is 5.12. The van der Waals surface area contributed by atoms with Crippen molar-refractivity contribution in [3.05, 3.63) is 64.2 Å². The summed E-state index contributed by atoms with van der Waals surface area (Å²) in [6, 6.07) is 14.4. The summed E-state index contributed by atoms with van der Waals surface area (Å²) < 4.78 is 6.93. The molecule has 0 aromatic heterocycles. The average molecular weight is 444 g/mol. The molecule has 3 rings (SSSR count). The molecule has 2 aromatic carbocycles. The van der Waals surface area contributed by atoms with Crippen LogP contribution in [0, 0.1) is 0 Å². The molecule has 0 saturated carbocycles. The molecule has 1 amide bonds. The van der Waals surface area contributed by atoms with Crippen LogP contribution in [0.25, 0.3) is 0 Å². The molecular weight excluding hydrogens is 410 g/mol. The molecule has 0 radical (unpaired) electrons. The van der Waals surface area contributed by atoms with Crippen molar-refractivity contribution in [2.75, 3.05) is 11.4 Å². The van der Waals surface area contributed by atoms with E-state index in [9.17, 15) is 4.79 Å². The van der Waals surface area contributed by atoms with Gasteiger partial charge in [-0.25, -0.2) is 0 Å². The molecule has 0 spiro atoms. The summed E-state index contributed by atoms with van der Waals surface area (Å²) in [5.74, 6) is 0.0846. The van der Waals surface area contributed by atoms with Crippen molar-refractivity contribution in [3.63, 3.8) is 0 Å². The van der Waals surface area contributed by atoms with Gasteiger partial charge in [-0.05, 0) is 53.0 Å². The molecule has 1 aliphatic rings. The van der Waals surface area contributed by atoms with Crippen LogP contribution in [0.4, 0.5) is 5.69 Å². The number of benzene rings is 2. The Balaban J connectivity index is 2.11. The molecule has 0 aliphatic carbocycles. The van der Waals surface area contributed by atoms with Gasteiger partial charge in [-0.1, -0.05) is 70.5 Å². The zero-order valence-electron chi connectivity index (χ0n) is 19.5. The van der Waals surface area contributed by atoms with E-state index in [0.717, 1.165) is 21.8 Å². The number of fused-ring (bicyclic) bond motifs is 1. The highest BCUT2D eigenvalue weighted by atomic mass is 35.5. The molecule has 2 aromatic rings. The number of amides is 1. The minimum Gasteiger partial charge on any atom is -0.406 e. The Morgan fingerprint density at radius 3 is 2.20 bits per heavy atom. The topological polar surface area (TPSA) is 29.5 Å². The lowest BCUT2D eigenvalue weighted by Gasteiger charge is -2.39. The lowest BCUT2D eigenvalue weighted by molar-refractivity contribution is -0.116. The third kappa shape index (κ3) is 4.37. The molecule has 30 heavy (non-hydrogen) atoms. The number of halogens is 1. The van der Waals surface area contributed by atoms with Crippen molar-refractivity contribution < 1.29 is 9.22 Å². The van der Waals surface area contributed by atoms with Gasteiger partial charge >= 0.3 is 0 Å². The first-order chi connectivity index (χ1) is 13.7. The highest BCUT2D eigenvalue weighted by molar-refractivity contribution is 6.74. The first-order valence-electron chi connectivity index (χ1n) is 10.6. The zero-order valence-corrected chi connectivity index (χ0v) is 21.2. The molecule has 1 unspecified atom stereocenters. The first-order valence-corrected chi connectivity index (χ1v) is 13.9.